The minimum absolute atomic E-state index is 0.112. The van der Waals surface area contributed by atoms with Crippen molar-refractivity contribution in [3.8, 4) is 0 Å². The molecule has 0 fully saturated rings. The summed E-state index contributed by atoms with van der Waals surface area (Å²) < 4.78 is 0. The van der Waals surface area contributed by atoms with Gasteiger partial charge < -0.3 is 10.3 Å². The topological polar surface area (TPSA) is 44.9 Å². The fraction of sp³-hybridized carbons (Fsp3) is 0.286. The molecule has 0 aliphatic heterocycles. The first kappa shape index (κ1) is 16.3. The van der Waals surface area contributed by atoms with Crippen molar-refractivity contribution in [2.24, 2.45) is 0 Å². The van der Waals surface area contributed by atoms with Gasteiger partial charge in [0.2, 0.25) is 0 Å². The van der Waals surface area contributed by atoms with Gasteiger partial charge in [-0.3, -0.25) is 4.79 Å². The molecule has 3 rings (SSSR count). The first-order valence-corrected chi connectivity index (χ1v) is 8.49. The number of fused-ring (bicyclic) bond motifs is 1. The van der Waals surface area contributed by atoms with Crippen molar-refractivity contribution in [1.29, 1.82) is 0 Å². The lowest BCUT2D eigenvalue weighted by Gasteiger charge is -2.10. The molecule has 1 amide bonds. The van der Waals surface area contributed by atoms with E-state index in [-0.39, 0.29) is 5.91 Å². The summed E-state index contributed by atoms with van der Waals surface area (Å²) in [4.78, 5) is 15.7. The van der Waals surface area contributed by atoms with Crippen LogP contribution in [0.3, 0.4) is 0 Å². The fourth-order valence-corrected chi connectivity index (χ4v) is 3.05. The van der Waals surface area contributed by atoms with Crippen LogP contribution in [0.4, 0.5) is 5.69 Å². The van der Waals surface area contributed by atoms with E-state index in [1.807, 2.05) is 18.2 Å². The summed E-state index contributed by atoms with van der Waals surface area (Å²) in [5.74, 6) is 0.425. The summed E-state index contributed by atoms with van der Waals surface area (Å²) in [5, 5.41) is 4.06. The number of aromatic nitrogens is 1. The quantitative estimate of drug-likeness (QED) is 0.650. The zero-order chi connectivity index (χ0) is 17.3. The van der Waals surface area contributed by atoms with Gasteiger partial charge in [-0.25, -0.2) is 0 Å². The lowest BCUT2D eigenvalue weighted by Crippen LogP contribution is -2.12. The highest BCUT2D eigenvalue weighted by molar-refractivity contribution is 6.06. The first-order chi connectivity index (χ1) is 11.5. The summed E-state index contributed by atoms with van der Waals surface area (Å²) in [6.45, 7) is 8.52. The van der Waals surface area contributed by atoms with Crippen molar-refractivity contribution in [3.63, 3.8) is 0 Å². The summed E-state index contributed by atoms with van der Waals surface area (Å²) in [5.41, 5.74) is 6.08. The minimum atomic E-state index is -0.112. The van der Waals surface area contributed by atoms with E-state index in [9.17, 15) is 4.79 Å². The second-order valence-electron chi connectivity index (χ2n) is 6.61. The van der Waals surface area contributed by atoms with E-state index >= 15 is 0 Å². The molecule has 1 atom stereocenters. The van der Waals surface area contributed by atoms with Crippen molar-refractivity contribution < 1.29 is 4.79 Å². The Labute approximate surface area is 143 Å². The second-order valence-corrected chi connectivity index (χ2v) is 6.61. The zero-order valence-electron chi connectivity index (χ0n) is 14.7. The number of aromatic amines is 1. The third-order valence-corrected chi connectivity index (χ3v) is 4.68. The van der Waals surface area contributed by atoms with Gasteiger partial charge in [-0.05, 0) is 67.1 Å². The molecule has 0 aliphatic carbocycles. The third kappa shape index (κ3) is 3.21. The van der Waals surface area contributed by atoms with Crippen molar-refractivity contribution in [1.82, 2.24) is 4.98 Å². The number of anilines is 1. The summed E-state index contributed by atoms with van der Waals surface area (Å²) in [6, 6.07) is 14.2. The van der Waals surface area contributed by atoms with Gasteiger partial charge in [-0.2, -0.15) is 0 Å². The van der Waals surface area contributed by atoms with E-state index in [0.717, 1.165) is 23.0 Å². The SMILES string of the molecule is CCC(C)c1ccc(NC(=O)c2cc3c(C)cc(C)cc3[nH]2)cc1. The van der Waals surface area contributed by atoms with E-state index < -0.39 is 0 Å². The van der Waals surface area contributed by atoms with E-state index in [4.69, 9.17) is 0 Å². The predicted molar refractivity (Wildman–Crippen MR) is 101 cm³/mol. The maximum atomic E-state index is 12.5. The number of nitrogens with one attached hydrogen (secondary N) is 2. The zero-order valence-corrected chi connectivity index (χ0v) is 14.7. The molecule has 2 aromatic carbocycles. The Morgan fingerprint density at radius 3 is 2.50 bits per heavy atom. The van der Waals surface area contributed by atoms with Crippen LogP contribution in [0.25, 0.3) is 10.9 Å². The lowest BCUT2D eigenvalue weighted by atomic mass is 9.99. The number of aryl methyl sites for hydroxylation is 2. The Morgan fingerprint density at radius 1 is 1.12 bits per heavy atom. The first-order valence-electron chi connectivity index (χ1n) is 8.49. The smallest absolute Gasteiger partial charge is 0.272 e. The predicted octanol–water partition coefficient (Wildman–Crippen LogP) is 5.55. The van der Waals surface area contributed by atoms with Gasteiger partial charge >= 0.3 is 0 Å². The van der Waals surface area contributed by atoms with Crippen LogP contribution in [-0.2, 0) is 0 Å². The largest absolute Gasteiger partial charge is 0.351 e. The summed E-state index contributed by atoms with van der Waals surface area (Å²) in [7, 11) is 0. The van der Waals surface area contributed by atoms with Crippen LogP contribution in [0, 0.1) is 13.8 Å². The summed E-state index contributed by atoms with van der Waals surface area (Å²) in [6.07, 6.45) is 1.11. The average Bonchev–Trinajstić information content (AvgIpc) is 2.99. The van der Waals surface area contributed by atoms with Crippen molar-refractivity contribution in [3.05, 3.63) is 64.8 Å². The Morgan fingerprint density at radius 2 is 1.83 bits per heavy atom. The van der Waals surface area contributed by atoms with Crippen LogP contribution in [0.15, 0.2) is 42.5 Å². The Kier molecular flexibility index (Phi) is 4.43. The Bertz CT molecular complexity index is 875. The van der Waals surface area contributed by atoms with Crippen LogP contribution in [0.5, 0.6) is 0 Å². The highest BCUT2D eigenvalue weighted by Gasteiger charge is 2.12. The van der Waals surface area contributed by atoms with Crippen molar-refractivity contribution in [2.45, 2.75) is 40.0 Å². The maximum absolute atomic E-state index is 12.5. The molecule has 24 heavy (non-hydrogen) atoms. The van der Waals surface area contributed by atoms with Gasteiger partial charge in [0, 0.05) is 16.6 Å². The lowest BCUT2D eigenvalue weighted by molar-refractivity contribution is 0.102. The van der Waals surface area contributed by atoms with Crippen LogP contribution in [0.1, 0.15) is 53.4 Å². The van der Waals surface area contributed by atoms with E-state index in [0.29, 0.717) is 11.6 Å². The number of carbonyl (C=O) groups excluding carboxylic acids is 1. The monoisotopic (exact) mass is 320 g/mol. The normalized spacial score (nSPS) is 12.3. The second kappa shape index (κ2) is 6.52. The van der Waals surface area contributed by atoms with E-state index in [1.54, 1.807) is 0 Å². The van der Waals surface area contributed by atoms with Crippen LogP contribution >= 0.6 is 0 Å². The Hall–Kier alpha value is -2.55. The third-order valence-electron chi connectivity index (χ3n) is 4.68. The molecule has 0 spiro atoms. The Balaban J connectivity index is 1.81. The van der Waals surface area contributed by atoms with Gasteiger partial charge in [-0.15, -0.1) is 0 Å². The molecule has 3 aromatic rings. The minimum Gasteiger partial charge on any atom is -0.351 e. The number of amides is 1. The van der Waals surface area contributed by atoms with Crippen molar-refractivity contribution >= 4 is 22.5 Å². The molecule has 0 radical (unpaired) electrons. The average molecular weight is 320 g/mol. The van der Waals surface area contributed by atoms with Gasteiger partial charge in [0.1, 0.15) is 5.69 Å². The van der Waals surface area contributed by atoms with Gasteiger partial charge in [-0.1, -0.05) is 32.0 Å². The number of carbonyl (C=O) groups is 1. The molecular weight excluding hydrogens is 296 g/mol. The molecular formula is C21H24N2O. The molecule has 0 saturated carbocycles. The number of hydrogen-bond acceptors (Lipinski definition) is 1. The molecule has 0 aliphatic rings. The van der Waals surface area contributed by atoms with Crippen LogP contribution < -0.4 is 5.32 Å². The molecule has 1 unspecified atom stereocenters. The molecule has 1 heterocycles. The molecule has 2 N–H and O–H groups in total. The van der Waals surface area contributed by atoms with E-state index in [2.05, 4.69) is 62.3 Å². The standard InChI is InChI=1S/C21H24N2O/c1-5-14(3)16-6-8-17(9-7-16)22-21(24)20-12-18-15(4)10-13(2)11-19(18)23-20/h6-12,14,23H,5H2,1-4H3,(H,22,24). The highest BCUT2D eigenvalue weighted by atomic mass is 16.1. The van der Waals surface area contributed by atoms with Crippen LogP contribution in [0.2, 0.25) is 0 Å². The molecule has 1 aromatic heterocycles. The molecule has 0 saturated heterocycles. The fourth-order valence-electron chi connectivity index (χ4n) is 3.05. The highest BCUT2D eigenvalue weighted by Crippen LogP contribution is 2.23. The van der Waals surface area contributed by atoms with Crippen LogP contribution in [-0.4, -0.2) is 10.9 Å². The van der Waals surface area contributed by atoms with Gasteiger partial charge in [0.05, 0.1) is 0 Å². The molecule has 3 heteroatoms. The van der Waals surface area contributed by atoms with Gasteiger partial charge in [0.25, 0.3) is 5.91 Å². The van der Waals surface area contributed by atoms with E-state index in [1.165, 1.54) is 16.7 Å². The molecule has 124 valence electrons. The molecule has 0 bridgehead atoms. The number of rotatable bonds is 4. The van der Waals surface area contributed by atoms with Gasteiger partial charge in [0.15, 0.2) is 0 Å². The number of H-pyrrole nitrogens is 1. The number of benzene rings is 2. The molecule has 3 nitrogen and oxygen atoms in total. The summed E-state index contributed by atoms with van der Waals surface area (Å²) >= 11 is 0. The number of hydrogen-bond donors (Lipinski definition) is 2. The maximum Gasteiger partial charge on any atom is 0.272 e. The van der Waals surface area contributed by atoms with Crippen molar-refractivity contribution in [2.75, 3.05) is 5.32 Å².